The van der Waals surface area contributed by atoms with Crippen LogP contribution < -0.4 is 9.47 Å². The van der Waals surface area contributed by atoms with Crippen molar-refractivity contribution < 1.29 is 19.4 Å². The first-order chi connectivity index (χ1) is 11.5. The van der Waals surface area contributed by atoms with Gasteiger partial charge in [-0.25, -0.2) is 0 Å². The van der Waals surface area contributed by atoms with Gasteiger partial charge in [0, 0.05) is 11.6 Å². The molecule has 0 radical (unpaired) electrons. The number of aliphatic carboxylic acids is 1. The quantitative estimate of drug-likeness (QED) is 0.662. The molecule has 0 amide bonds. The van der Waals surface area contributed by atoms with Crippen molar-refractivity contribution >= 4 is 17.6 Å². The Balaban J connectivity index is 2.28. The number of ether oxygens (including phenoxy) is 2. The SMILES string of the molecule is CCCCOc1ccc(CC(=O)O)c(Oc2ccc(C)cc2Cl)c1. The summed E-state index contributed by atoms with van der Waals surface area (Å²) >= 11 is 6.21. The average Bonchev–Trinajstić information content (AvgIpc) is 2.52. The van der Waals surface area contributed by atoms with E-state index < -0.39 is 5.97 Å². The smallest absolute Gasteiger partial charge is 0.307 e. The highest BCUT2D eigenvalue weighted by atomic mass is 35.5. The van der Waals surface area contributed by atoms with E-state index >= 15 is 0 Å². The fourth-order valence-electron chi connectivity index (χ4n) is 2.17. The van der Waals surface area contributed by atoms with E-state index in [4.69, 9.17) is 26.2 Å². The van der Waals surface area contributed by atoms with Crippen molar-refractivity contribution in [3.8, 4) is 17.2 Å². The van der Waals surface area contributed by atoms with Crippen molar-refractivity contribution in [3.63, 3.8) is 0 Å². The van der Waals surface area contributed by atoms with Crippen LogP contribution in [0.15, 0.2) is 36.4 Å². The minimum Gasteiger partial charge on any atom is -0.493 e. The lowest BCUT2D eigenvalue weighted by Crippen LogP contribution is -2.03. The Hall–Kier alpha value is -2.20. The van der Waals surface area contributed by atoms with E-state index in [-0.39, 0.29) is 6.42 Å². The molecule has 0 heterocycles. The summed E-state index contributed by atoms with van der Waals surface area (Å²) < 4.78 is 11.5. The zero-order valence-corrected chi connectivity index (χ0v) is 14.6. The van der Waals surface area contributed by atoms with Crippen LogP contribution in [0.25, 0.3) is 0 Å². The highest BCUT2D eigenvalue weighted by molar-refractivity contribution is 6.32. The number of rotatable bonds is 8. The lowest BCUT2D eigenvalue weighted by molar-refractivity contribution is -0.136. The van der Waals surface area contributed by atoms with E-state index in [0.717, 1.165) is 18.4 Å². The Morgan fingerprint density at radius 3 is 2.62 bits per heavy atom. The maximum Gasteiger partial charge on any atom is 0.307 e. The molecule has 0 aliphatic rings. The van der Waals surface area contributed by atoms with Gasteiger partial charge in [0.05, 0.1) is 18.1 Å². The first-order valence-electron chi connectivity index (χ1n) is 7.91. The van der Waals surface area contributed by atoms with Gasteiger partial charge < -0.3 is 14.6 Å². The van der Waals surface area contributed by atoms with Gasteiger partial charge in [-0.3, -0.25) is 4.79 Å². The van der Waals surface area contributed by atoms with Gasteiger partial charge in [-0.2, -0.15) is 0 Å². The van der Waals surface area contributed by atoms with E-state index in [1.54, 1.807) is 30.3 Å². The molecule has 0 bridgehead atoms. The van der Waals surface area contributed by atoms with Crippen LogP contribution in [0.5, 0.6) is 17.2 Å². The summed E-state index contributed by atoms with van der Waals surface area (Å²) in [4.78, 5) is 11.1. The normalized spacial score (nSPS) is 10.5. The molecule has 2 rings (SSSR count). The van der Waals surface area contributed by atoms with Crippen LogP contribution >= 0.6 is 11.6 Å². The average molecular weight is 349 g/mol. The van der Waals surface area contributed by atoms with Crippen LogP contribution in [0.4, 0.5) is 0 Å². The largest absolute Gasteiger partial charge is 0.493 e. The van der Waals surface area contributed by atoms with Crippen LogP contribution in [0, 0.1) is 6.92 Å². The third-order valence-electron chi connectivity index (χ3n) is 3.45. The van der Waals surface area contributed by atoms with Gasteiger partial charge in [-0.15, -0.1) is 0 Å². The minimum absolute atomic E-state index is 0.131. The minimum atomic E-state index is -0.922. The second-order valence-electron chi connectivity index (χ2n) is 5.58. The number of unbranched alkanes of at least 4 members (excludes halogenated alkanes) is 1. The van der Waals surface area contributed by atoms with Crippen LogP contribution in [-0.2, 0) is 11.2 Å². The molecule has 0 saturated heterocycles. The summed E-state index contributed by atoms with van der Waals surface area (Å²) in [6.45, 7) is 4.64. The van der Waals surface area contributed by atoms with Crippen LogP contribution in [0.3, 0.4) is 0 Å². The number of carboxylic acids is 1. The molecule has 2 aromatic rings. The van der Waals surface area contributed by atoms with E-state index in [1.807, 2.05) is 13.0 Å². The van der Waals surface area contributed by atoms with E-state index in [1.165, 1.54) is 0 Å². The number of hydrogen-bond donors (Lipinski definition) is 1. The Morgan fingerprint density at radius 1 is 1.17 bits per heavy atom. The number of benzene rings is 2. The van der Waals surface area contributed by atoms with Gasteiger partial charge in [0.25, 0.3) is 0 Å². The van der Waals surface area contributed by atoms with E-state index in [2.05, 4.69) is 6.92 Å². The molecule has 128 valence electrons. The Bertz CT molecular complexity index is 713. The molecular formula is C19H21ClO4. The summed E-state index contributed by atoms with van der Waals surface area (Å²) in [5, 5.41) is 9.56. The lowest BCUT2D eigenvalue weighted by Gasteiger charge is -2.14. The van der Waals surface area contributed by atoms with E-state index in [0.29, 0.717) is 34.4 Å². The molecule has 0 aromatic heterocycles. The van der Waals surface area contributed by atoms with Gasteiger partial charge in [0.15, 0.2) is 0 Å². The summed E-state index contributed by atoms with van der Waals surface area (Å²) in [6.07, 6.45) is 1.87. The highest BCUT2D eigenvalue weighted by Crippen LogP contribution is 2.34. The summed E-state index contributed by atoms with van der Waals surface area (Å²) in [7, 11) is 0. The lowest BCUT2D eigenvalue weighted by atomic mass is 10.1. The molecule has 1 N–H and O–H groups in total. The molecule has 24 heavy (non-hydrogen) atoms. The molecule has 0 aliphatic heterocycles. The van der Waals surface area contributed by atoms with Gasteiger partial charge in [0.1, 0.15) is 17.2 Å². The van der Waals surface area contributed by atoms with Gasteiger partial charge in [0.2, 0.25) is 0 Å². The second-order valence-corrected chi connectivity index (χ2v) is 5.99. The molecule has 0 atom stereocenters. The summed E-state index contributed by atoms with van der Waals surface area (Å²) in [5.41, 5.74) is 1.59. The van der Waals surface area contributed by atoms with Crippen molar-refractivity contribution in [2.24, 2.45) is 0 Å². The number of halogens is 1. The Kier molecular flexibility index (Phi) is 6.50. The molecular weight excluding hydrogens is 328 g/mol. The van der Waals surface area contributed by atoms with Gasteiger partial charge in [-0.1, -0.05) is 37.1 Å². The van der Waals surface area contributed by atoms with Crippen LogP contribution in [0.2, 0.25) is 5.02 Å². The predicted octanol–water partition coefficient (Wildman–Crippen LogP) is 5.25. The van der Waals surface area contributed by atoms with Crippen LogP contribution in [0.1, 0.15) is 30.9 Å². The Labute approximate surface area is 147 Å². The maximum absolute atomic E-state index is 11.1. The second kappa shape index (κ2) is 8.60. The number of aryl methyl sites for hydroxylation is 1. The standard InChI is InChI=1S/C19H21ClO4/c1-3-4-9-23-15-7-6-14(11-19(21)22)18(12-15)24-17-8-5-13(2)10-16(17)20/h5-8,10,12H,3-4,9,11H2,1-2H3,(H,21,22). The van der Waals surface area contributed by atoms with Gasteiger partial charge >= 0.3 is 5.97 Å². The first kappa shape index (κ1) is 18.1. The number of carbonyl (C=O) groups is 1. The fourth-order valence-corrected chi connectivity index (χ4v) is 2.44. The molecule has 0 fully saturated rings. The van der Waals surface area contributed by atoms with Crippen molar-refractivity contribution in [1.29, 1.82) is 0 Å². The molecule has 0 aliphatic carbocycles. The Morgan fingerprint density at radius 2 is 1.96 bits per heavy atom. The van der Waals surface area contributed by atoms with E-state index in [9.17, 15) is 4.79 Å². The third-order valence-corrected chi connectivity index (χ3v) is 3.75. The molecule has 0 unspecified atom stereocenters. The van der Waals surface area contributed by atoms with Crippen molar-refractivity contribution in [1.82, 2.24) is 0 Å². The molecule has 5 heteroatoms. The third kappa shape index (κ3) is 5.17. The summed E-state index contributed by atoms with van der Waals surface area (Å²) in [6, 6.07) is 10.6. The molecule has 2 aromatic carbocycles. The maximum atomic E-state index is 11.1. The van der Waals surface area contributed by atoms with Crippen molar-refractivity contribution in [2.75, 3.05) is 6.61 Å². The van der Waals surface area contributed by atoms with Gasteiger partial charge in [-0.05, 0) is 37.1 Å². The highest BCUT2D eigenvalue weighted by Gasteiger charge is 2.12. The fraction of sp³-hybridized carbons (Fsp3) is 0.316. The number of hydrogen-bond acceptors (Lipinski definition) is 3. The summed E-state index contributed by atoms with van der Waals surface area (Å²) in [5.74, 6) is 0.655. The topological polar surface area (TPSA) is 55.8 Å². The first-order valence-corrected chi connectivity index (χ1v) is 8.29. The predicted molar refractivity (Wildman–Crippen MR) is 94.4 cm³/mol. The zero-order chi connectivity index (χ0) is 17.5. The van der Waals surface area contributed by atoms with Crippen molar-refractivity contribution in [2.45, 2.75) is 33.1 Å². The molecule has 4 nitrogen and oxygen atoms in total. The monoisotopic (exact) mass is 348 g/mol. The molecule has 0 spiro atoms. The van der Waals surface area contributed by atoms with Crippen molar-refractivity contribution in [3.05, 3.63) is 52.5 Å². The zero-order valence-electron chi connectivity index (χ0n) is 13.8. The van der Waals surface area contributed by atoms with Crippen LogP contribution in [-0.4, -0.2) is 17.7 Å². The molecule has 0 saturated carbocycles. The number of carboxylic acid groups (broad SMARTS) is 1.